The van der Waals surface area contributed by atoms with E-state index in [0.717, 1.165) is 18.7 Å². The lowest BCUT2D eigenvalue weighted by Crippen LogP contribution is -2.51. The maximum absolute atomic E-state index is 13.3. The number of aromatic nitrogens is 1. The van der Waals surface area contributed by atoms with Gasteiger partial charge in [-0.25, -0.2) is 9.79 Å². The summed E-state index contributed by atoms with van der Waals surface area (Å²) in [6.07, 6.45) is 3.51. The summed E-state index contributed by atoms with van der Waals surface area (Å²) >= 11 is 0. The van der Waals surface area contributed by atoms with Gasteiger partial charge in [0.05, 0.1) is 28.1 Å². The van der Waals surface area contributed by atoms with Gasteiger partial charge in [0.1, 0.15) is 0 Å². The molecule has 1 amide bonds. The van der Waals surface area contributed by atoms with Gasteiger partial charge in [0, 0.05) is 41.7 Å². The normalized spacial score (nSPS) is 17.4. The van der Waals surface area contributed by atoms with Crippen molar-refractivity contribution in [3.63, 3.8) is 0 Å². The van der Waals surface area contributed by atoms with Crippen LogP contribution in [0.2, 0.25) is 0 Å². The third-order valence-corrected chi connectivity index (χ3v) is 8.69. The summed E-state index contributed by atoms with van der Waals surface area (Å²) in [7, 11) is 0. The van der Waals surface area contributed by atoms with Crippen LogP contribution in [0.15, 0.2) is 71.7 Å². The predicted molar refractivity (Wildman–Crippen MR) is 166 cm³/mol. The molecule has 1 aromatic heterocycles. The molecule has 2 aliphatic rings. The van der Waals surface area contributed by atoms with E-state index in [1.807, 2.05) is 35.2 Å². The molecule has 3 heterocycles. The number of aliphatic imine (C=N–C) groups is 1. The Balaban J connectivity index is 1.26. The van der Waals surface area contributed by atoms with Crippen molar-refractivity contribution in [1.82, 2.24) is 14.8 Å². The van der Waals surface area contributed by atoms with Crippen LogP contribution in [0.1, 0.15) is 63.1 Å². The highest BCUT2D eigenvalue weighted by molar-refractivity contribution is 6.22. The number of aromatic amines is 1. The Morgan fingerprint density at radius 2 is 1.60 bits per heavy atom. The summed E-state index contributed by atoms with van der Waals surface area (Å²) in [6.45, 7) is 5.52. The fourth-order valence-corrected chi connectivity index (χ4v) is 6.30. The number of carboxylic acid groups (broad SMARTS) is 1. The highest BCUT2D eigenvalue weighted by Crippen LogP contribution is 2.33. The number of carbonyl (C=O) groups excluding carboxylic acids is 1. The maximum Gasteiger partial charge on any atom is 0.336 e. The second-order valence-electron chi connectivity index (χ2n) is 11.7. The third-order valence-electron chi connectivity index (χ3n) is 8.69. The molecule has 2 saturated heterocycles. The molecule has 0 saturated carbocycles. The number of benzene rings is 3. The maximum atomic E-state index is 13.3. The molecule has 6 rings (SSSR count). The monoisotopic (exact) mass is 580 g/mol. The number of nitrogens with one attached hydrogen (secondary N) is 1. The van der Waals surface area contributed by atoms with E-state index in [-0.39, 0.29) is 17.4 Å². The molecule has 9 nitrogen and oxygen atoms in total. The molecule has 0 spiro atoms. The van der Waals surface area contributed by atoms with Crippen LogP contribution in [0.25, 0.3) is 10.9 Å². The number of aromatic hydroxyl groups is 1. The van der Waals surface area contributed by atoms with Crippen molar-refractivity contribution >= 4 is 34.2 Å². The fraction of sp³-hybridized carbons (Fsp3) is 0.324. The van der Waals surface area contributed by atoms with E-state index >= 15 is 0 Å². The smallest absolute Gasteiger partial charge is 0.336 e. The van der Waals surface area contributed by atoms with E-state index in [9.17, 15) is 24.9 Å². The number of carboxylic acids is 1. The third kappa shape index (κ3) is 5.91. The molecule has 4 N–H and O–H groups in total. The van der Waals surface area contributed by atoms with E-state index in [0.29, 0.717) is 71.5 Å². The quantitative estimate of drug-likeness (QED) is 0.225. The van der Waals surface area contributed by atoms with Crippen molar-refractivity contribution < 1.29 is 24.9 Å². The highest BCUT2D eigenvalue weighted by Gasteiger charge is 2.36. The lowest BCUT2D eigenvalue weighted by Gasteiger charge is -2.40. The number of H-pyrrole nitrogens is 1. The number of carbonyl (C=O) groups is 2. The Morgan fingerprint density at radius 3 is 2.26 bits per heavy atom. The number of amides is 1. The van der Waals surface area contributed by atoms with E-state index in [4.69, 9.17) is 4.99 Å². The number of hydrogen-bond donors (Lipinski definition) is 4. The predicted octanol–water partition coefficient (Wildman–Crippen LogP) is 5.11. The Labute approximate surface area is 250 Å². The van der Waals surface area contributed by atoms with Crippen LogP contribution in [-0.4, -0.2) is 86.0 Å². The molecule has 0 radical (unpaired) electrons. The van der Waals surface area contributed by atoms with Gasteiger partial charge in [-0.15, -0.1) is 0 Å². The zero-order valence-electron chi connectivity index (χ0n) is 24.2. The molecule has 222 valence electrons. The Hall–Kier alpha value is -4.47. The van der Waals surface area contributed by atoms with Crippen LogP contribution < -0.4 is 0 Å². The molecule has 3 aromatic carbocycles. The van der Waals surface area contributed by atoms with Crippen molar-refractivity contribution in [2.45, 2.75) is 38.2 Å². The van der Waals surface area contributed by atoms with Gasteiger partial charge in [-0.05, 0) is 87.7 Å². The van der Waals surface area contributed by atoms with Gasteiger partial charge in [0.25, 0.3) is 5.91 Å². The van der Waals surface area contributed by atoms with Gasteiger partial charge in [0.15, 0.2) is 5.88 Å². The Kier molecular flexibility index (Phi) is 7.77. The molecule has 0 bridgehead atoms. The van der Waals surface area contributed by atoms with Gasteiger partial charge in [-0.1, -0.05) is 30.3 Å². The van der Waals surface area contributed by atoms with Crippen LogP contribution in [0.5, 0.6) is 5.88 Å². The standard InChI is InChI=1S/C34H36N4O5/c1-22-19-27-28(20-26(22)33(41)42)36-31(39)29(27)30(23-7-3-2-4-8-23)35-25-11-9-24(10-12-25)32(40)38-17-13-34(43,14-18-38)21-37-15-5-6-16-37/h2-4,7-12,19-20,36,39,43H,5-6,13-18,21H2,1H3,(H,41,42). The van der Waals surface area contributed by atoms with Gasteiger partial charge >= 0.3 is 5.97 Å². The Morgan fingerprint density at radius 1 is 0.930 bits per heavy atom. The number of hydrogen-bond acceptors (Lipinski definition) is 6. The first-order valence-corrected chi connectivity index (χ1v) is 14.8. The van der Waals surface area contributed by atoms with Gasteiger partial charge in [-0.2, -0.15) is 0 Å². The van der Waals surface area contributed by atoms with Crippen molar-refractivity contribution in [3.05, 3.63) is 94.5 Å². The topological polar surface area (TPSA) is 129 Å². The first-order chi connectivity index (χ1) is 20.7. The van der Waals surface area contributed by atoms with Gasteiger partial charge in [0.2, 0.25) is 0 Å². The molecule has 0 unspecified atom stereocenters. The molecule has 0 atom stereocenters. The lowest BCUT2D eigenvalue weighted by molar-refractivity contribution is -0.0367. The minimum absolute atomic E-state index is 0.0685. The van der Waals surface area contributed by atoms with Crippen LogP contribution in [0.4, 0.5) is 5.69 Å². The SMILES string of the molecule is Cc1cc2c(C(=Nc3ccc(C(=O)N4CCC(O)(CN5CCCC5)CC4)cc3)c3ccccc3)c(O)[nH]c2cc1C(=O)O. The summed E-state index contributed by atoms with van der Waals surface area (Å²) in [4.78, 5) is 37.0. The molecular weight excluding hydrogens is 544 g/mol. The van der Waals surface area contributed by atoms with Crippen LogP contribution >= 0.6 is 0 Å². The number of β-amino-alcohol motifs (C(OH)–C–C–N with tert-alkyl or cyclic N) is 1. The Bertz CT molecular complexity index is 1680. The average Bonchev–Trinajstić information content (AvgIpc) is 3.62. The number of fused-ring (bicyclic) bond motifs is 1. The first-order valence-electron chi connectivity index (χ1n) is 14.8. The molecular formula is C34H36N4O5. The first kappa shape index (κ1) is 28.6. The molecule has 9 heteroatoms. The zero-order chi connectivity index (χ0) is 30.1. The van der Waals surface area contributed by atoms with Crippen LogP contribution in [0, 0.1) is 6.92 Å². The minimum Gasteiger partial charge on any atom is -0.494 e. The summed E-state index contributed by atoms with van der Waals surface area (Å²) in [5.74, 6) is -1.22. The second kappa shape index (κ2) is 11.7. The van der Waals surface area contributed by atoms with Crippen LogP contribution in [-0.2, 0) is 0 Å². The molecule has 4 aromatic rings. The number of nitrogens with zero attached hydrogens (tertiary/aromatic N) is 3. The number of aliphatic hydroxyl groups is 1. The number of rotatable bonds is 7. The van der Waals surface area contributed by atoms with Crippen molar-refractivity contribution in [2.24, 2.45) is 4.99 Å². The van der Waals surface area contributed by atoms with E-state index < -0.39 is 11.6 Å². The van der Waals surface area contributed by atoms with Crippen molar-refractivity contribution in [3.8, 4) is 5.88 Å². The summed E-state index contributed by atoms with van der Waals surface area (Å²) in [5.41, 5.74) is 3.39. The lowest BCUT2D eigenvalue weighted by atomic mass is 9.90. The largest absolute Gasteiger partial charge is 0.494 e. The minimum atomic E-state index is -1.04. The summed E-state index contributed by atoms with van der Waals surface area (Å²) in [5, 5.41) is 32.3. The molecule has 43 heavy (non-hydrogen) atoms. The fourth-order valence-electron chi connectivity index (χ4n) is 6.30. The second-order valence-corrected chi connectivity index (χ2v) is 11.7. The number of piperidine rings is 1. The van der Waals surface area contributed by atoms with Gasteiger partial charge < -0.3 is 30.1 Å². The molecule has 2 aliphatic heterocycles. The van der Waals surface area contributed by atoms with Crippen molar-refractivity contribution in [2.75, 3.05) is 32.7 Å². The number of likely N-dealkylation sites (tertiary alicyclic amines) is 2. The number of aromatic carboxylic acids is 1. The highest BCUT2D eigenvalue weighted by atomic mass is 16.4. The van der Waals surface area contributed by atoms with Crippen LogP contribution in [0.3, 0.4) is 0 Å². The van der Waals surface area contributed by atoms with Crippen molar-refractivity contribution in [1.29, 1.82) is 0 Å². The average molecular weight is 581 g/mol. The van der Waals surface area contributed by atoms with E-state index in [1.165, 1.54) is 18.9 Å². The number of aryl methyl sites for hydroxylation is 1. The molecule has 0 aliphatic carbocycles. The van der Waals surface area contributed by atoms with Gasteiger partial charge in [-0.3, -0.25) is 4.79 Å². The summed E-state index contributed by atoms with van der Waals surface area (Å²) in [6, 6.07) is 19.8. The summed E-state index contributed by atoms with van der Waals surface area (Å²) < 4.78 is 0. The van der Waals surface area contributed by atoms with E-state index in [1.54, 1.807) is 37.3 Å². The molecule has 2 fully saturated rings. The zero-order valence-corrected chi connectivity index (χ0v) is 24.2. The van der Waals surface area contributed by atoms with E-state index in [2.05, 4.69) is 9.88 Å².